The van der Waals surface area contributed by atoms with Crippen molar-refractivity contribution in [2.24, 2.45) is 0 Å². The molecule has 1 aromatic carbocycles. The van der Waals surface area contributed by atoms with Crippen LogP contribution in [0.25, 0.3) is 6.08 Å². The van der Waals surface area contributed by atoms with E-state index in [-0.39, 0.29) is 10.4 Å². The zero-order valence-electron chi connectivity index (χ0n) is 10.1. The molecule has 1 aromatic heterocycles. The first-order valence-electron chi connectivity index (χ1n) is 5.71. The molecule has 18 heavy (non-hydrogen) atoms. The van der Waals surface area contributed by atoms with E-state index in [1.54, 1.807) is 17.4 Å². The van der Waals surface area contributed by atoms with Crippen molar-refractivity contribution in [3.63, 3.8) is 0 Å². The molecule has 0 aliphatic heterocycles. The van der Waals surface area contributed by atoms with Gasteiger partial charge in [0.25, 0.3) is 0 Å². The predicted molar refractivity (Wildman–Crippen MR) is 80.8 cm³/mol. The fourth-order valence-electron chi connectivity index (χ4n) is 1.52. The van der Waals surface area contributed by atoms with E-state index in [1.165, 1.54) is 17.3 Å². The van der Waals surface area contributed by atoms with Crippen LogP contribution in [0.1, 0.15) is 23.3 Å². The van der Waals surface area contributed by atoms with Crippen molar-refractivity contribution in [3.05, 3.63) is 64.4 Å². The zero-order chi connectivity index (χ0) is 12.8. The molecule has 0 aliphatic rings. The number of hydrogen-bond donors (Lipinski definition) is 0. The van der Waals surface area contributed by atoms with Crippen LogP contribution in [0.15, 0.2) is 53.2 Å². The second kappa shape index (κ2) is 6.57. The van der Waals surface area contributed by atoms with Crippen LogP contribution < -0.4 is 0 Å². The van der Waals surface area contributed by atoms with E-state index in [1.807, 2.05) is 41.8 Å². The van der Waals surface area contributed by atoms with Crippen molar-refractivity contribution < 1.29 is 4.79 Å². The lowest BCUT2D eigenvalue weighted by atomic mass is 10.2. The highest BCUT2D eigenvalue weighted by atomic mass is 32.2. The largest absolute Gasteiger partial charge is 0.282 e. The minimum absolute atomic E-state index is 0.0950. The van der Waals surface area contributed by atoms with Gasteiger partial charge < -0.3 is 0 Å². The SMILES string of the molecule is CC(SC(=O)/C=C/c1ccccc1)c1ccsc1. The Bertz CT molecular complexity index is 515. The van der Waals surface area contributed by atoms with E-state index in [4.69, 9.17) is 0 Å². The number of thioether (sulfide) groups is 1. The molecule has 92 valence electrons. The highest BCUT2D eigenvalue weighted by molar-refractivity contribution is 8.14. The summed E-state index contributed by atoms with van der Waals surface area (Å²) in [7, 11) is 0. The van der Waals surface area contributed by atoms with Gasteiger partial charge in [-0.3, -0.25) is 4.79 Å². The van der Waals surface area contributed by atoms with Crippen molar-refractivity contribution in [2.45, 2.75) is 12.2 Å². The fourth-order valence-corrected chi connectivity index (χ4v) is 3.13. The van der Waals surface area contributed by atoms with E-state index in [9.17, 15) is 4.79 Å². The molecule has 1 atom stereocenters. The standard InChI is InChI=1S/C15H14OS2/c1-12(14-9-10-17-11-14)18-15(16)8-7-13-5-3-2-4-6-13/h2-12H,1H3/b8-7+. The average molecular weight is 274 g/mol. The van der Waals surface area contributed by atoms with E-state index in [2.05, 4.69) is 18.4 Å². The second-order valence-corrected chi connectivity index (χ2v) is 6.01. The van der Waals surface area contributed by atoms with E-state index in [0.717, 1.165) is 5.56 Å². The van der Waals surface area contributed by atoms with Crippen LogP contribution in [-0.4, -0.2) is 5.12 Å². The van der Waals surface area contributed by atoms with Crippen molar-refractivity contribution in [3.8, 4) is 0 Å². The summed E-state index contributed by atoms with van der Waals surface area (Å²) >= 11 is 3.02. The molecule has 0 amide bonds. The molecule has 2 rings (SSSR count). The summed E-state index contributed by atoms with van der Waals surface area (Å²) in [4.78, 5) is 11.8. The molecule has 1 heterocycles. The Balaban J connectivity index is 1.91. The van der Waals surface area contributed by atoms with Gasteiger partial charge in [-0.15, -0.1) is 0 Å². The van der Waals surface area contributed by atoms with Gasteiger partial charge in [0.1, 0.15) is 0 Å². The van der Waals surface area contributed by atoms with Gasteiger partial charge in [-0.05, 0) is 41.0 Å². The van der Waals surface area contributed by atoms with Gasteiger partial charge in [0.05, 0.1) is 0 Å². The fraction of sp³-hybridized carbons (Fsp3) is 0.133. The van der Waals surface area contributed by atoms with Gasteiger partial charge in [-0.25, -0.2) is 0 Å². The highest BCUT2D eigenvalue weighted by Crippen LogP contribution is 2.30. The maximum Gasteiger partial charge on any atom is 0.212 e. The minimum atomic E-state index is 0.0950. The summed E-state index contributed by atoms with van der Waals surface area (Å²) < 4.78 is 0. The van der Waals surface area contributed by atoms with Gasteiger partial charge in [0.15, 0.2) is 0 Å². The van der Waals surface area contributed by atoms with Gasteiger partial charge >= 0.3 is 0 Å². The summed E-state index contributed by atoms with van der Waals surface area (Å²) in [5.74, 6) is 0. The third-order valence-corrected chi connectivity index (χ3v) is 4.21. The highest BCUT2D eigenvalue weighted by Gasteiger charge is 2.09. The van der Waals surface area contributed by atoms with Crippen LogP contribution in [0.3, 0.4) is 0 Å². The molecular weight excluding hydrogens is 260 g/mol. The van der Waals surface area contributed by atoms with Crippen LogP contribution in [-0.2, 0) is 4.79 Å². The smallest absolute Gasteiger partial charge is 0.212 e. The predicted octanol–water partition coefficient (Wildman–Crippen LogP) is 4.78. The molecule has 0 radical (unpaired) electrons. The first-order chi connectivity index (χ1) is 8.75. The molecule has 0 saturated heterocycles. The van der Waals surface area contributed by atoms with E-state index < -0.39 is 0 Å². The van der Waals surface area contributed by atoms with E-state index >= 15 is 0 Å². The summed E-state index contributed by atoms with van der Waals surface area (Å²) in [5, 5.41) is 4.43. The number of carbonyl (C=O) groups is 1. The summed E-state index contributed by atoms with van der Waals surface area (Å²) in [5.41, 5.74) is 2.26. The Morgan fingerprint density at radius 2 is 2.06 bits per heavy atom. The van der Waals surface area contributed by atoms with Gasteiger partial charge in [0.2, 0.25) is 5.12 Å². The quantitative estimate of drug-likeness (QED) is 0.746. The Morgan fingerprint density at radius 3 is 2.72 bits per heavy atom. The summed E-state index contributed by atoms with van der Waals surface area (Å²) in [6.45, 7) is 2.06. The van der Waals surface area contributed by atoms with Crippen molar-refractivity contribution >= 4 is 34.3 Å². The van der Waals surface area contributed by atoms with E-state index in [0.29, 0.717) is 0 Å². The number of carbonyl (C=O) groups excluding carboxylic acids is 1. The molecule has 0 fully saturated rings. The molecule has 3 heteroatoms. The maximum atomic E-state index is 11.8. The Kier molecular flexibility index (Phi) is 4.79. The summed E-state index contributed by atoms with van der Waals surface area (Å²) in [6, 6.07) is 11.9. The molecule has 1 unspecified atom stereocenters. The third-order valence-electron chi connectivity index (χ3n) is 2.52. The second-order valence-electron chi connectivity index (χ2n) is 3.88. The Hall–Kier alpha value is -1.32. The zero-order valence-corrected chi connectivity index (χ0v) is 11.7. The summed E-state index contributed by atoms with van der Waals surface area (Å²) in [6.07, 6.45) is 3.50. The van der Waals surface area contributed by atoms with Crippen LogP contribution >= 0.6 is 23.1 Å². The van der Waals surface area contributed by atoms with Gasteiger partial charge in [-0.1, -0.05) is 48.2 Å². The minimum Gasteiger partial charge on any atom is -0.282 e. The average Bonchev–Trinajstić information content (AvgIpc) is 2.91. The lowest BCUT2D eigenvalue weighted by Crippen LogP contribution is -1.91. The number of thiophene rings is 1. The number of benzene rings is 1. The van der Waals surface area contributed by atoms with Gasteiger partial charge in [0, 0.05) is 5.25 Å². The first kappa shape index (κ1) is 13.1. The molecule has 0 spiro atoms. The number of rotatable bonds is 4. The molecule has 0 N–H and O–H groups in total. The van der Waals surface area contributed by atoms with Crippen LogP contribution in [0.5, 0.6) is 0 Å². The molecule has 0 saturated carbocycles. The molecular formula is C15H14OS2. The van der Waals surface area contributed by atoms with Crippen molar-refractivity contribution in [2.75, 3.05) is 0 Å². The van der Waals surface area contributed by atoms with Crippen LogP contribution in [0.2, 0.25) is 0 Å². The Morgan fingerprint density at radius 1 is 1.28 bits per heavy atom. The monoisotopic (exact) mass is 274 g/mol. The maximum absolute atomic E-state index is 11.8. The first-order valence-corrected chi connectivity index (χ1v) is 7.54. The van der Waals surface area contributed by atoms with Crippen LogP contribution in [0.4, 0.5) is 0 Å². The molecule has 2 aromatic rings. The molecule has 0 aliphatic carbocycles. The third kappa shape index (κ3) is 3.86. The van der Waals surface area contributed by atoms with Gasteiger partial charge in [-0.2, -0.15) is 11.3 Å². The molecule has 1 nitrogen and oxygen atoms in total. The Labute approximate surface area is 116 Å². The number of hydrogen-bond acceptors (Lipinski definition) is 3. The van der Waals surface area contributed by atoms with Crippen molar-refractivity contribution in [1.29, 1.82) is 0 Å². The lowest BCUT2D eigenvalue weighted by molar-refractivity contribution is -0.107. The normalized spacial score (nSPS) is 12.7. The van der Waals surface area contributed by atoms with Crippen molar-refractivity contribution in [1.82, 2.24) is 0 Å². The lowest BCUT2D eigenvalue weighted by Gasteiger charge is -2.05. The van der Waals surface area contributed by atoms with Crippen LogP contribution in [0, 0.1) is 0 Å². The topological polar surface area (TPSA) is 17.1 Å². The molecule has 0 bridgehead atoms.